The van der Waals surface area contributed by atoms with E-state index in [1.165, 1.54) is 17.6 Å². The van der Waals surface area contributed by atoms with E-state index in [4.69, 9.17) is 16.6 Å². The van der Waals surface area contributed by atoms with E-state index in [0.29, 0.717) is 28.8 Å². The maximum Gasteiger partial charge on any atom is 0.239 e. The van der Waals surface area contributed by atoms with Gasteiger partial charge in [-0.15, -0.1) is 0 Å². The Kier molecular flexibility index (Phi) is 6.82. The van der Waals surface area contributed by atoms with Crippen LogP contribution < -0.4 is 4.90 Å². The summed E-state index contributed by atoms with van der Waals surface area (Å²) in [5.74, 6) is 0.0177. The maximum absolute atomic E-state index is 14.2. The van der Waals surface area contributed by atoms with Gasteiger partial charge in [0.2, 0.25) is 5.91 Å². The molecule has 0 atom stereocenters. The molecule has 0 bridgehead atoms. The third-order valence-corrected chi connectivity index (χ3v) is 8.70. The summed E-state index contributed by atoms with van der Waals surface area (Å²) in [5, 5.41) is 1.18. The summed E-state index contributed by atoms with van der Waals surface area (Å²) in [7, 11) is 0.489. The average Bonchev–Trinajstić information content (AvgIpc) is 3.41. The summed E-state index contributed by atoms with van der Waals surface area (Å²) in [4.78, 5) is 22.9. The zero-order valence-electron chi connectivity index (χ0n) is 19.0. The van der Waals surface area contributed by atoms with Crippen molar-refractivity contribution >= 4 is 54.0 Å². The number of carbonyl (C=O) groups is 1. The van der Waals surface area contributed by atoms with Gasteiger partial charge in [-0.2, -0.15) is 0 Å². The Bertz CT molecular complexity index is 1260. The zero-order valence-corrected chi connectivity index (χ0v) is 21.4. The Morgan fingerprint density at radius 2 is 1.76 bits per heavy atom. The maximum atomic E-state index is 14.2. The van der Waals surface area contributed by atoms with E-state index >= 15 is 0 Å². The van der Waals surface area contributed by atoms with Crippen LogP contribution in [0.3, 0.4) is 0 Å². The molecule has 1 aliphatic rings. The third kappa shape index (κ3) is 4.80. The number of anilines is 1. The molecule has 0 unspecified atom stereocenters. The molecule has 0 radical (unpaired) electrons. The Balaban J connectivity index is 1.82. The molecule has 1 amide bonds. The van der Waals surface area contributed by atoms with Crippen LogP contribution in [0.25, 0.3) is 10.2 Å². The molecular weight excluding hydrogens is 478 g/mol. The smallest absolute Gasteiger partial charge is 0.239 e. The van der Waals surface area contributed by atoms with E-state index in [2.05, 4.69) is 0 Å². The Labute approximate surface area is 204 Å². The van der Waals surface area contributed by atoms with Crippen LogP contribution in [0.4, 0.5) is 5.13 Å². The average molecular weight is 506 g/mol. The quantitative estimate of drug-likeness (QED) is 0.463. The number of nitrogens with zero attached hydrogens (tertiary/aromatic N) is 3. The second-order valence-electron chi connectivity index (χ2n) is 8.93. The molecule has 6 nitrogen and oxygen atoms in total. The molecule has 0 spiro atoms. The lowest BCUT2D eigenvalue weighted by atomic mass is 9.77. The highest BCUT2D eigenvalue weighted by atomic mass is 35.5. The summed E-state index contributed by atoms with van der Waals surface area (Å²) in [6.45, 7) is 1.13. The fourth-order valence-corrected chi connectivity index (χ4v) is 6.58. The van der Waals surface area contributed by atoms with E-state index in [1.807, 2.05) is 49.3 Å². The van der Waals surface area contributed by atoms with Crippen molar-refractivity contribution in [3.05, 3.63) is 53.1 Å². The highest BCUT2D eigenvalue weighted by Crippen LogP contribution is 2.44. The lowest BCUT2D eigenvalue weighted by molar-refractivity contribution is -0.124. The lowest BCUT2D eigenvalue weighted by Gasteiger charge is -2.34. The van der Waals surface area contributed by atoms with Gasteiger partial charge in [-0.25, -0.2) is 13.4 Å². The number of thiazole rings is 1. The van der Waals surface area contributed by atoms with E-state index in [-0.39, 0.29) is 10.8 Å². The largest absolute Gasteiger partial charge is 0.308 e. The summed E-state index contributed by atoms with van der Waals surface area (Å²) in [6, 6.07) is 12.7. The number of aromatic nitrogens is 1. The van der Waals surface area contributed by atoms with E-state index in [9.17, 15) is 13.2 Å². The van der Waals surface area contributed by atoms with Gasteiger partial charge in [-0.1, -0.05) is 54.0 Å². The molecule has 1 heterocycles. The number of hydrogen-bond acceptors (Lipinski definition) is 6. The van der Waals surface area contributed by atoms with Gasteiger partial charge in [-0.05, 0) is 56.8 Å². The Morgan fingerprint density at radius 1 is 1.09 bits per heavy atom. The number of benzene rings is 2. The third-order valence-electron chi connectivity index (χ3n) is 6.28. The summed E-state index contributed by atoms with van der Waals surface area (Å²) >= 11 is 7.49. The van der Waals surface area contributed by atoms with Crippen molar-refractivity contribution in [2.45, 2.75) is 36.0 Å². The van der Waals surface area contributed by atoms with Gasteiger partial charge in [0.15, 0.2) is 15.0 Å². The van der Waals surface area contributed by atoms with Gasteiger partial charge in [0.05, 0.1) is 15.0 Å². The van der Waals surface area contributed by atoms with Gasteiger partial charge in [-0.3, -0.25) is 9.69 Å². The van der Waals surface area contributed by atoms with Crippen LogP contribution >= 0.6 is 22.9 Å². The number of fused-ring (bicyclic) bond motifs is 1. The van der Waals surface area contributed by atoms with Gasteiger partial charge in [0.25, 0.3) is 0 Å². The van der Waals surface area contributed by atoms with Crippen molar-refractivity contribution < 1.29 is 13.2 Å². The van der Waals surface area contributed by atoms with Crippen molar-refractivity contribution in [1.29, 1.82) is 0 Å². The minimum Gasteiger partial charge on any atom is -0.308 e. The molecule has 2 aromatic carbocycles. The van der Waals surface area contributed by atoms with Crippen molar-refractivity contribution in [2.75, 3.05) is 38.3 Å². The fraction of sp³-hybridized carbons (Fsp3) is 0.417. The van der Waals surface area contributed by atoms with E-state index in [0.717, 1.165) is 35.9 Å². The molecule has 0 aliphatic heterocycles. The number of halogens is 1. The molecule has 1 saturated carbocycles. The second kappa shape index (κ2) is 9.33. The monoisotopic (exact) mass is 505 g/mol. The second-order valence-corrected chi connectivity index (χ2v) is 12.4. The standard InChI is InChI=1S/C24H28ClN3O3S2/c1-27(2)15-16-28(23-26-21-19(32-23)7-6-8-20(21)33(3,30)31)22(29)24(13-4-5-14-24)17-9-11-18(25)12-10-17/h6-12H,4-5,13-16H2,1-3H3. The number of para-hydroxylation sites is 1. The number of likely N-dealkylation sites (N-methyl/N-ethyl adjacent to an activating group) is 1. The van der Waals surface area contributed by atoms with Crippen molar-refractivity contribution in [3.63, 3.8) is 0 Å². The van der Waals surface area contributed by atoms with Gasteiger partial charge >= 0.3 is 0 Å². The Hall–Kier alpha value is -2.00. The highest BCUT2D eigenvalue weighted by Gasteiger charge is 2.45. The van der Waals surface area contributed by atoms with Crippen molar-refractivity contribution in [2.24, 2.45) is 0 Å². The highest BCUT2D eigenvalue weighted by molar-refractivity contribution is 7.91. The van der Waals surface area contributed by atoms with Gasteiger partial charge in [0, 0.05) is 24.4 Å². The number of sulfone groups is 1. The number of rotatable bonds is 7. The number of carbonyl (C=O) groups excluding carboxylic acids is 1. The van der Waals surface area contributed by atoms with Crippen LogP contribution in [-0.4, -0.2) is 57.6 Å². The minimum absolute atomic E-state index is 0.0177. The molecule has 3 aromatic rings. The first-order valence-electron chi connectivity index (χ1n) is 10.9. The van der Waals surface area contributed by atoms with Crippen LogP contribution in [0.1, 0.15) is 31.2 Å². The molecule has 33 heavy (non-hydrogen) atoms. The first kappa shape index (κ1) is 24.1. The normalized spacial score (nSPS) is 15.9. The zero-order chi connectivity index (χ0) is 23.8. The summed E-state index contributed by atoms with van der Waals surface area (Å²) in [6.07, 6.45) is 4.68. The van der Waals surface area contributed by atoms with Gasteiger partial charge in [0.1, 0.15) is 5.52 Å². The van der Waals surface area contributed by atoms with Crippen molar-refractivity contribution in [1.82, 2.24) is 9.88 Å². The molecule has 1 aromatic heterocycles. The van der Waals surface area contributed by atoms with Crippen LogP contribution in [0, 0.1) is 0 Å². The number of hydrogen-bond donors (Lipinski definition) is 0. The summed E-state index contributed by atoms with van der Waals surface area (Å²) < 4.78 is 25.4. The van der Waals surface area contributed by atoms with Crippen LogP contribution in [0.5, 0.6) is 0 Å². The predicted octanol–water partition coefficient (Wildman–Crippen LogP) is 4.76. The molecule has 0 N–H and O–H groups in total. The van der Waals surface area contributed by atoms with Crippen LogP contribution in [0.2, 0.25) is 5.02 Å². The predicted molar refractivity (Wildman–Crippen MR) is 135 cm³/mol. The molecule has 9 heteroatoms. The van der Waals surface area contributed by atoms with E-state index in [1.54, 1.807) is 17.0 Å². The molecule has 4 rings (SSSR count). The fourth-order valence-electron chi connectivity index (χ4n) is 4.54. The SMILES string of the molecule is CN(C)CCN(C(=O)C1(c2ccc(Cl)cc2)CCCC1)c1nc2c(S(C)(=O)=O)cccc2s1. The topological polar surface area (TPSA) is 70.6 Å². The molecule has 1 fully saturated rings. The van der Waals surface area contributed by atoms with Crippen LogP contribution in [0.15, 0.2) is 47.4 Å². The molecular formula is C24H28ClN3O3S2. The van der Waals surface area contributed by atoms with Crippen LogP contribution in [-0.2, 0) is 20.0 Å². The van der Waals surface area contributed by atoms with Gasteiger partial charge < -0.3 is 4.90 Å². The van der Waals surface area contributed by atoms with Crippen molar-refractivity contribution in [3.8, 4) is 0 Å². The molecule has 1 aliphatic carbocycles. The number of amides is 1. The van der Waals surface area contributed by atoms with E-state index < -0.39 is 15.3 Å². The lowest BCUT2D eigenvalue weighted by Crippen LogP contribution is -2.48. The summed E-state index contributed by atoms with van der Waals surface area (Å²) in [5.41, 5.74) is 0.769. The first-order valence-corrected chi connectivity index (χ1v) is 14.0. The minimum atomic E-state index is -3.44. The molecule has 0 saturated heterocycles. The Morgan fingerprint density at radius 3 is 2.36 bits per heavy atom. The first-order chi connectivity index (χ1) is 15.6. The molecule has 176 valence electrons.